The number of hydrogen-bond acceptors (Lipinski definition) is 6. The average molecular weight is 468 g/mol. The second-order valence-corrected chi connectivity index (χ2v) is 8.84. The van der Waals surface area contributed by atoms with Crippen LogP contribution in [0.3, 0.4) is 0 Å². The molecule has 0 aliphatic rings. The van der Waals surface area contributed by atoms with Crippen molar-refractivity contribution in [2.45, 2.75) is 11.8 Å². The summed E-state index contributed by atoms with van der Waals surface area (Å²) in [6, 6.07) is 19.7. The van der Waals surface area contributed by atoms with Crippen LogP contribution in [-0.4, -0.2) is 41.3 Å². The van der Waals surface area contributed by atoms with Crippen LogP contribution in [0.2, 0.25) is 0 Å². The minimum Gasteiger partial charge on any atom is -0.493 e. The first kappa shape index (κ1) is 23.8. The van der Waals surface area contributed by atoms with Crippen molar-refractivity contribution in [3.8, 4) is 11.5 Å². The maximum Gasteiger partial charge on any atom is 0.271 e. The Morgan fingerprint density at radius 1 is 1.03 bits per heavy atom. The molecule has 0 heterocycles. The summed E-state index contributed by atoms with van der Waals surface area (Å²) in [5.74, 6) is 0.766. The Morgan fingerprint density at radius 3 is 2.36 bits per heavy atom. The number of anilines is 1. The summed E-state index contributed by atoms with van der Waals surface area (Å²) >= 11 is 0. The summed E-state index contributed by atoms with van der Waals surface area (Å²) in [5.41, 5.74) is 3.95. The smallest absolute Gasteiger partial charge is 0.271 e. The van der Waals surface area contributed by atoms with Gasteiger partial charge in [0.05, 0.1) is 30.5 Å². The summed E-state index contributed by atoms with van der Waals surface area (Å²) in [6.45, 7) is 2.37. The van der Waals surface area contributed by atoms with Crippen molar-refractivity contribution in [1.82, 2.24) is 5.43 Å². The normalized spacial score (nSPS) is 11.2. The van der Waals surface area contributed by atoms with Gasteiger partial charge in [0.25, 0.3) is 15.9 Å². The molecule has 9 heteroatoms. The van der Waals surface area contributed by atoms with E-state index in [4.69, 9.17) is 9.47 Å². The Hall–Kier alpha value is -3.85. The highest BCUT2D eigenvalue weighted by atomic mass is 32.2. The van der Waals surface area contributed by atoms with E-state index in [1.807, 2.05) is 6.92 Å². The molecule has 1 amide bonds. The van der Waals surface area contributed by atoms with Gasteiger partial charge in [-0.2, -0.15) is 5.10 Å². The number of sulfonamides is 1. The fourth-order valence-electron chi connectivity index (χ4n) is 2.98. The first-order valence-corrected chi connectivity index (χ1v) is 11.6. The summed E-state index contributed by atoms with van der Waals surface area (Å²) in [4.78, 5) is 12.6. The number of hydrogen-bond donors (Lipinski definition) is 1. The predicted molar refractivity (Wildman–Crippen MR) is 128 cm³/mol. The molecular weight excluding hydrogens is 442 g/mol. The molecule has 33 heavy (non-hydrogen) atoms. The zero-order valence-corrected chi connectivity index (χ0v) is 19.4. The molecule has 0 unspecified atom stereocenters. The number of nitrogens with one attached hydrogen (secondary N) is 1. The molecule has 3 aromatic rings. The standard InChI is InChI=1S/C24H25N3O5S/c1-4-32-23-16-18(10-15-22(23)31-3)17-25-26-24(28)19-11-13-20(14-12-19)27(2)33(29,30)21-8-6-5-7-9-21/h5-17H,4H2,1-3H3,(H,26,28)/b25-17-. The lowest BCUT2D eigenvalue weighted by Gasteiger charge is -2.19. The van der Waals surface area contributed by atoms with Gasteiger partial charge in [-0.3, -0.25) is 9.10 Å². The number of ether oxygens (including phenoxy) is 2. The van der Waals surface area contributed by atoms with Crippen LogP contribution in [-0.2, 0) is 10.0 Å². The second kappa shape index (κ2) is 10.6. The topological polar surface area (TPSA) is 97.3 Å². The molecule has 172 valence electrons. The van der Waals surface area contributed by atoms with Crippen molar-refractivity contribution < 1.29 is 22.7 Å². The quantitative estimate of drug-likeness (QED) is 0.382. The molecule has 0 radical (unpaired) electrons. The number of carbonyl (C=O) groups excluding carboxylic acids is 1. The molecular formula is C24H25N3O5S. The van der Waals surface area contributed by atoms with E-state index in [0.29, 0.717) is 29.4 Å². The predicted octanol–water partition coefficient (Wildman–Crippen LogP) is 3.68. The van der Waals surface area contributed by atoms with Crippen molar-refractivity contribution >= 4 is 27.8 Å². The summed E-state index contributed by atoms with van der Waals surface area (Å²) in [7, 11) is -0.666. The molecule has 8 nitrogen and oxygen atoms in total. The lowest BCUT2D eigenvalue weighted by molar-refractivity contribution is 0.0955. The Kier molecular flexibility index (Phi) is 7.68. The Morgan fingerprint density at radius 2 is 1.73 bits per heavy atom. The number of methoxy groups -OCH3 is 1. The van der Waals surface area contributed by atoms with Crippen molar-refractivity contribution in [2.24, 2.45) is 5.10 Å². The van der Waals surface area contributed by atoms with Gasteiger partial charge in [-0.25, -0.2) is 13.8 Å². The minimum absolute atomic E-state index is 0.190. The van der Waals surface area contributed by atoms with Gasteiger partial charge in [-0.1, -0.05) is 18.2 Å². The number of carbonyl (C=O) groups is 1. The molecule has 0 spiro atoms. The van der Waals surface area contributed by atoms with E-state index >= 15 is 0 Å². The van der Waals surface area contributed by atoms with Crippen LogP contribution in [0, 0.1) is 0 Å². The van der Waals surface area contributed by atoms with Gasteiger partial charge in [0, 0.05) is 12.6 Å². The Labute approximate surface area is 193 Å². The number of amides is 1. The second-order valence-electron chi connectivity index (χ2n) is 6.87. The van der Waals surface area contributed by atoms with Crippen LogP contribution in [0.15, 0.2) is 82.8 Å². The van der Waals surface area contributed by atoms with E-state index in [1.165, 1.54) is 41.8 Å². The molecule has 0 aliphatic carbocycles. The molecule has 0 aliphatic heterocycles. The van der Waals surface area contributed by atoms with Crippen LogP contribution in [0.25, 0.3) is 0 Å². The Bertz CT molecular complexity index is 1230. The van der Waals surface area contributed by atoms with Crippen LogP contribution >= 0.6 is 0 Å². The third kappa shape index (κ3) is 5.69. The van der Waals surface area contributed by atoms with Gasteiger partial charge in [-0.05, 0) is 67.1 Å². The molecule has 0 aromatic heterocycles. The fourth-order valence-corrected chi connectivity index (χ4v) is 4.20. The van der Waals surface area contributed by atoms with Gasteiger partial charge in [-0.15, -0.1) is 0 Å². The average Bonchev–Trinajstić information content (AvgIpc) is 2.84. The largest absolute Gasteiger partial charge is 0.493 e. The highest BCUT2D eigenvalue weighted by Gasteiger charge is 2.21. The highest BCUT2D eigenvalue weighted by molar-refractivity contribution is 7.92. The molecule has 1 N–H and O–H groups in total. The van der Waals surface area contributed by atoms with Crippen molar-refractivity contribution in [3.05, 3.63) is 83.9 Å². The van der Waals surface area contributed by atoms with Crippen LogP contribution in [0.1, 0.15) is 22.8 Å². The molecule has 0 atom stereocenters. The third-order valence-corrected chi connectivity index (χ3v) is 6.56. The third-order valence-electron chi connectivity index (χ3n) is 4.76. The van der Waals surface area contributed by atoms with E-state index in [-0.39, 0.29) is 4.90 Å². The summed E-state index contributed by atoms with van der Waals surface area (Å²) in [5, 5.41) is 3.98. The molecule has 0 bridgehead atoms. The van der Waals surface area contributed by atoms with E-state index in [0.717, 1.165) is 5.56 Å². The molecule has 3 aromatic carbocycles. The summed E-state index contributed by atoms with van der Waals surface area (Å²) < 4.78 is 37.4. The van der Waals surface area contributed by atoms with Gasteiger partial charge >= 0.3 is 0 Å². The Balaban J connectivity index is 1.67. The first-order valence-electron chi connectivity index (χ1n) is 10.1. The fraction of sp³-hybridized carbons (Fsp3) is 0.167. The van der Waals surface area contributed by atoms with Crippen molar-refractivity contribution in [1.29, 1.82) is 0 Å². The lowest BCUT2D eigenvalue weighted by atomic mass is 10.2. The molecule has 3 rings (SSSR count). The maximum absolute atomic E-state index is 12.7. The van der Waals surface area contributed by atoms with E-state index in [1.54, 1.807) is 55.6 Å². The molecule has 0 saturated carbocycles. The first-order chi connectivity index (χ1) is 15.9. The summed E-state index contributed by atoms with van der Waals surface area (Å²) in [6.07, 6.45) is 1.49. The van der Waals surface area contributed by atoms with Crippen molar-refractivity contribution in [3.63, 3.8) is 0 Å². The highest BCUT2D eigenvalue weighted by Crippen LogP contribution is 2.27. The lowest BCUT2D eigenvalue weighted by Crippen LogP contribution is -2.26. The molecule has 0 saturated heterocycles. The minimum atomic E-state index is -3.69. The van der Waals surface area contributed by atoms with Gasteiger partial charge in [0.15, 0.2) is 11.5 Å². The number of rotatable bonds is 9. The van der Waals surface area contributed by atoms with E-state index in [9.17, 15) is 13.2 Å². The van der Waals surface area contributed by atoms with Crippen molar-refractivity contribution in [2.75, 3.05) is 25.1 Å². The van der Waals surface area contributed by atoms with Crippen LogP contribution in [0.4, 0.5) is 5.69 Å². The van der Waals surface area contributed by atoms with Crippen LogP contribution < -0.4 is 19.2 Å². The van der Waals surface area contributed by atoms with E-state index < -0.39 is 15.9 Å². The van der Waals surface area contributed by atoms with E-state index in [2.05, 4.69) is 10.5 Å². The van der Waals surface area contributed by atoms with Crippen LogP contribution in [0.5, 0.6) is 11.5 Å². The number of benzene rings is 3. The monoisotopic (exact) mass is 467 g/mol. The zero-order valence-electron chi connectivity index (χ0n) is 18.6. The molecule has 0 fully saturated rings. The van der Waals surface area contributed by atoms with Gasteiger partial charge < -0.3 is 9.47 Å². The van der Waals surface area contributed by atoms with Gasteiger partial charge in [0.2, 0.25) is 0 Å². The zero-order chi connectivity index (χ0) is 23.8. The number of nitrogens with zero attached hydrogens (tertiary/aromatic N) is 2. The number of hydrazone groups is 1. The van der Waals surface area contributed by atoms with Gasteiger partial charge in [0.1, 0.15) is 0 Å². The SMILES string of the molecule is CCOc1cc(/C=N\NC(=O)c2ccc(N(C)S(=O)(=O)c3ccccc3)cc2)ccc1OC. The maximum atomic E-state index is 12.7.